The molecule has 0 aliphatic rings. The Morgan fingerprint density at radius 1 is 1.13 bits per heavy atom. The molecule has 10 heteroatoms. The van der Waals surface area contributed by atoms with Crippen molar-refractivity contribution in [1.29, 1.82) is 0 Å². The Kier molecular flexibility index (Phi) is 12.5. The molecule has 1 rings (SSSR count). The highest BCUT2D eigenvalue weighted by Gasteiger charge is 2.19. The van der Waals surface area contributed by atoms with E-state index in [1.54, 1.807) is 0 Å². The van der Waals surface area contributed by atoms with Crippen LogP contribution in [0.15, 0.2) is 30.3 Å². The van der Waals surface area contributed by atoms with Gasteiger partial charge in [-0.05, 0) is 5.56 Å². The molecule has 0 aliphatic carbocycles. The molecule has 5 N–H and O–H groups in total. The number of hydrogen-bond acceptors (Lipinski definition) is 6. The Balaban J connectivity index is 0.000000438. The van der Waals surface area contributed by atoms with Crippen molar-refractivity contribution in [2.24, 2.45) is 0 Å². The van der Waals surface area contributed by atoms with E-state index in [-0.39, 0.29) is 25.5 Å². The fourth-order valence-electron chi connectivity index (χ4n) is 1.26. The highest BCUT2D eigenvalue weighted by Crippen LogP contribution is 2.37. The molecule has 8 nitrogen and oxygen atoms in total. The number of hydrogen-bond donors (Lipinski definition) is 5. The molecule has 0 radical (unpaired) electrons. The average Bonchev–Trinajstić information content (AvgIpc) is 2.48. The number of benzene rings is 1. The highest BCUT2D eigenvalue weighted by molar-refractivity contribution is 7.46. The first kappa shape index (κ1) is 22.5. The summed E-state index contributed by atoms with van der Waals surface area (Å²) < 4.78 is 19.0. The number of phosphoric acid groups is 1. The van der Waals surface area contributed by atoms with Gasteiger partial charge in [0.15, 0.2) is 6.29 Å². The van der Waals surface area contributed by atoms with Crippen LogP contribution in [0, 0.1) is 0 Å². The average molecular weight is 373 g/mol. The summed E-state index contributed by atoms with van der Waals surface area (Å²) in [5.41, 5.74) is 1.04. The van der Waals surface area contributed by atoms with Gasteiger partial charge >= 0.3 is 7.82 Å². The third-order valence-corrected chi connectivity index (χ3v) is 3.09. The van der Waals surface area contributed by atoms with Gasteiger partial charge in [-0.1, -0.05) is 30.3 Å². The maximum atomic E-state index is 9.99. The van der Waals surface area contributed by atoms with Crippen molar-refractivity contribution in [2.75, 3.05) is 19.1 Å². The summed E-state index contributed by atoms with van der Waals surface area (Å²) in [7, 11) is -4.56. The maximum absolute atomic E-state index is 9.99. The van der Waals surface area contributed by atoms with Gasteiger partial charge in [-0.2, -0.15) is 0 Å². The van der Waals surface area contributed by atoms with Gasteiger partial charge < -0.3 is 29.8 Å². The van der Waals surface area contributed by atoms with E-state index in [1.807, 2.05) is 30.3 Å². The van der Waals surface area contributed by atoms with Crippen molar-refractivity contribution >= 4 is 19.4 Å². The van der Waals surface area contributed by atoms with Crippen molar-refractivity contribution in [3.63, 3.8) is 0 Å². The number of aliphatic hydroxyl groups is 3. The molecule has 23 heavy (non-hydrogen) atoms. The number of ether oxygens (including phenoxy) is 1. The van der Waals surface area contributed by atoms with Gasteiger partial charge in [0.25, 0.3) is 0 Å². The van der Waals surface area contributed by atoms with Crippen molar-refractivity contribution in [1.82, 2.24) is 0 Å². The van der Waals surface area contributed by atoms with Gasteiger partial charge in [-0.3, -0.25) is 4.52 Å². The van der Waals surface area contributed by atoms with Crippen LogP contribution < -0.4 is 0 Å². The van der Waals surface area contributed by atoms with Crippen LogP contribution in [0.4, 0.5) is 0 Å². The minimum Gasteiger partial charge on any atom is -0.394 e. The van der Waals surface area contributed by atoms with Crippen LogP contribution in [-0.2, 0) is 20.4 Å². The lowest BCUT2D eigenvalue weighted by molar-refractivity contribution is -0.0372. The summed E-state index contributed by atoms with van der Waals surface area (Å²) in [6, 6.07) is 9.65. The van der Waals surface area contributed by atoms with E-state index < -0.39 is 20.2 Å². The largest absolute Gasteiger partial charge is 0.471 e. The van der Waals surface area contributed by atoms with Gasteiger partial charge in [0.05, 0.1) is 19.8 Å². The minimum atomic E-state index is -4.56. The Morgan fingerprint density at radius 3 is 2.13 bits per heavy atom. The topological polar surface area (TPSA) is 137 Å². The smallest absolute Gasteiger partial charge is 0.394 e. The summed E-state index contributed by atoms with van der Waals surface area (Å²) in [5.74, 6) is 0.0845. The number of alkyl halides is 1. The predicted molar refractivity (Wildman–Crippen MR) is 83.7 cm³/mol. The Morgan fingerprint density at radius 2 is 1.70 bits per heavy atom. The van der Waals surface area contributed by atoms with E-state index in [1.165, 1.54) is 0 Å². The molecule has 134 valence electrons. The molecule has 1 aromatic carbocycles. The number of halogens is 1. The molecule has 0 aromatic heterocycles. The fourth-order valence-corrected chi connectivity index (χ4v) is 1.87. The molecular formula is C13H22ClO8P. The lowest BCUT2D eigenvalue weighted by Gasteiger charge is -2.11. The molecule has 1 aromatic rings. The van der Waals surface area contributed by atoms with Crippen molar-refractivity contribution < 1.29 is 38.9 Å². The first-order chi connectivity index (χ1) is 10.8. The molecule has 0 saturated carbocycles. The first-order valence-electron chi connectivity index (χ1n) is 6.67. The summed E-state index contributed by atoms with van der Waals surface area (Å²) >= 11 is 5.13. The summed E-state index contributed by atoms with van der Waals surface area (Å²) in [4.78, 5) is 16.2. The molecule has 0 saturated heterocycles. The van der Waals surface area contributed by atoms with Crippen molar-refractivity contribution in [2.45, 2.75) is 25.4 Å². The van der Waals surface area contributed by atoms with Crippen LogP contribution in [-0.4, -0.2) is 56.6 Å². The number of aliphatic hydroxyl groups excluding tert-OH is 3. The second-order valence-corrected chi connectivity index (χ2v) is 5.88. The molecule has 0 spiro atoms. The van der Waals surface area contributed by atoms with Crippen molar-refractivity contribution in [3.8, 4) is 0 Å². The van der Waals surface area contributed by atoms with Gasteiger partial charge in [-0.25, -0.2) is 4.57 Å². The normalized spacial score (nSPS) is 12.7. The van der Waals surface area contributed by atoms with Crippen LogP contribution in [0.2, 0.25) is 0 Å². The third-order valence-electron chi connectivity index (χ3n) is 2.35. The van der Waals surface area contributed by atoms with Gasteiger partial charge in [0, 0.05) is 12.3 Å². The zero-order valence-electron chi connectivity index (χ0n) is 12.4. The van der Waals surface area contributed by atoms with Gasteiger partial charge in [0.1, 0.15) is 6.10 Å². The number of rotatable bonds is 9. The first-order valence-corrected chi connectivity index (χ1v) is 8.74. The summed E-state index contributed by atoms with van der Waals surface area (Å²) in [6.07, 6.45) is -1.97. The molecular weight excluding hydrogens is 351 g/mol. The third kappa shape index (κ3) is 13.6. The molecule has 0 amide bonds. The Bertz CT molecular complexity index is 437. The molecule has 1 atom stereocenters. The van der Waals surface area contributed by atoms with E-state index in [4.69, 9.17) is 41.4 Å². The number of phosphoric ester groups is 1. The second-order valence-electron chi connectivity index (χ2n) is 4.31. The quantitative estimate of drug-likeness (QED) is 0.241. The van der Waals surface area contributed by atoms with E-state index in [0.29, 0.717) is 6.61 Å². The van der Waals surface area contributed by atoms with Crippen LogP contribution in [0.3, 0.4) is 0 Å². The summed E-state index contributed by atoms with van der Waals surface area (Å²) in [6.45, 7) is 0.124. The summed E-state index contributed by atoms with van der Waals surface area (Å²) in [5, 5.41) is 26.0. The van der Waals surface area contributed by atoms with Crippen LogP contribution in [0.25, 0.3) is 0 Å². The second kappa shape index (κ2) is 12.8. The predicted octanol–water partition coefficient (Wildman–Crippen LogP) is 0.599. The zero-order valence-corrected chi connectivity index (χ0v) is 14.0. The van der Waals surface area contributed by atoms with E-state index in [9.17, 15) is 4.57 Å². The Hall–Kier alpha value is -0.540. The molecule has 0 fully saturated rings. The van der Waals surface area contributed by atoms with Gasteiger partial charge in [0.2, 0.25) is 0 Å². The van der Waals surface area contributed by atoms with E-state index in [2.05, 4.69) is 4.52 Å². The van der Waals surface area contributed by atoms with Crippen LogP contribution in [0.5, 0.6) is 0 Å². The lowest BCUT2D eigenvalue weighted by atomic mass is 10.2. The standard InChI is InChI=1S/C10H14O3.C3H8ClO5P/c11-6-10(7-12)13-8-9-4-2-1-3-5-9;4-2-1-3(5)9-10(6,7)8/h1-5,10-12H,6-8H2;3,5H,1-2H2,(H2,6,7,8). The maximum Gasteiger partial charge on any atom is 0.471 e. The van der Waals surface area contributed by atoms with E-state index in [0.717, 1.165) is 5.56 Å². The Labute approximate surface area is 139 Å². The van der Waals surface area contributed by atoms with E-state index >= 15 is 0 Å². The molecule has 0 aliphatic heterocycles. The van der Waals surface area contributed by atoms with Crippen LogP contribution >= 0.6 is 19.4 Å². The van der Waals surface area contributed by atoms with Gasteiger partial charge in [-0.15, -0.1) is 11.6 Å². The minimum absolute atomic E-state index is 0.00728. The fraction of sp³-hybridized carbons (Fsp3) is 0.538. The van der Waals surface area contributed by atoms with Crippen molar-refractivity contribution in [3.05, 3.63) is 35.9 Å². The lowest BCUT2D eigenvalue weighted by Crippen LogP contribution is -2.21. The van der Waals surface area contributed by atoms with Crippen LogP contribution in [0.1, 0.15) is 12.0 Å². The SMILES string of the molecule is O=P(O)(O)OC(O)CCCl.OCC(CO)OCc1ccccc1. The molecule has 0 bridgehead atoms. The highest BCUT2D eigenvalue weighted by atomic mass is 35.5. The molecule has 1 unspecified atom stereocenters. The molecule has 0 heterocycles. The monoisotopic (exact) mass is 372 g/mol. The zero-order chi connectivity index (χ0) is 17.7.